The molecular formula is C28H24N2O4S2. The van der Waals surface area contributed by atoms with E-state index in [1.54, 1.807) is 62.8 Å². The fourth-order valence-electron chi connectivity index (χ4n) is 3.25. The van der Waals surface area contributed by atoms with Crippen LogP contribution in [0.25, 0.3) is 0 Å². The third-order valence-corrected chi connectivity index (χ3v) is 7.68. The molecule has 0 aliphatic heterocycles. The van der Waals surface area contributed by atoms with Crippen LogP contribution in [0.15, 0.2) is 107 Å². The number of carbonyl (C=O) groups is 2. The maximum atomic E-state index is 12.8. The summed E-state index contributed by atoms with van der Waals surface area (Å²) in [5, 5.41) is 5.97. The van der Waals surface area contributed by atoms with E-state index < -0.39 is 0 Å². The van der Waals surface area contributed by atoms with E-state index >= 15 is 0 Å². The summed E-state index contributed by atoms with van der Waals surface area (Å²) in [5.41, 5.74) is 2.48. The largest absolute Gasteiger partial charge is 0.497 e. The third-order valence-electron chi connectivity index (χ3n) is 5.20. The molecule has 0 aliphatic rings. The molecule has 4 rings (SSSR count). The van der Waals surface area contributed by atoms with Gasteiger partial charge in [-0.05, 0) is 72.8 Å². The number of carbonyl (C=O) groups excluding carboxylic acids is 2. The second-order valence-electron chi connectivity index (χ2n) is 7.52. The molecule has 2 N–H and O–H groups in total. The van der Waals surface area contributed by atoms with Crippen LogP contribution < -0.4 is 20.1 Å². The van der Waals surface area contributed by atoms with Crippen LogP contribution in [0.1, 0.15) is 20.7 Å². The van der Waals surface area contributed by atoms with Crippen LogP contribution >= 0.6 is 21.6 Å². The Labute approximate surface area is 217 Å². The zero-order chi connectivity index (χ0) is 25.3. The van der Waals surface area contributed by atoms with Gasteiger partial charge >= 0.3 is 0 Å². The maximum absolute atomic E-state index is 12.8. The summed E-state index contributed by atoms with van der Waals surface area (Å²) in [6.07, 6.45) is 0. The number of anilines is 2. The second kappa shape index (κ2) is 12.2. The summed E-state index contributed by atoms with van der Waals surface area (Å²) in [4.78, 5) is 27.3. The third kappa shape index (κ3) is 6.41. The number of methoxy groups -OCH3 is 2. The van der Waals surface area contributed by atoms with Crippen LogP contribution in [0.3, 0.4) is 0 Å². The van der Waals surface area contributed by atoms with Crippen molar-refractivity contribution in [3.63, 3.8) is 0 Å². The van der Waals surface area contributed by atoms with Gasteiger partial charge < -0.3 is 20.1 Å². The Bertz CT molecular complexity index is 1240. The highest BCUT2D eigenvalue weighted by atomic mass is 33.1. The maximum Gasteiger partial charge on any atom is 0.255 e. The predicted molar refractivity (Wildman–Crippen MR) is 146 cm³/mol. The highest BCUT2D eigenvalue weighted by molar-refractivity contribution is 8.76. The molecule has 0 saturated heterocycles. The number of ether oxygens (including phenoxy) is 2. The number of hydrogen-bond donors (Lipinski definition) is 2. The Morgan fingerprint density at radius 1 is 0.556 bits per heavy atom. The van der Waals surface area contributed by atoms with E-state index in [-0.39, 0.29) is 11.8 Å². The van der Waals surface area contributed by atoms with Crippen LogP contribution in [0.5, 0.6) is 11.5 Å². The fraction of sp³-hybridized carbons (Fsp3) is 0.0714. The van der Waals surface area contributed by atoms with E-state index in [0.29, 0.717) is 34.0 Å². The Hall–Kier alpha value is -3.88. The molecule has 0 spiro atoms. The normalized spacial score (nSPS) is 10.4. The van der Waals surface area contributed by atoms with Crippen molar-refractivity contribution >= 4 is 44.8 Å². The number of benzene rings is 4. The van der Waals surface area contributed by atoms with Crippen LogP contribution in [-0.2, 0) is 0 Å². The summed E-state index contributed by atoms with van der Waals surface area (Å²) in [5.74, 6) is 0.971. The van der Waals surface area contributed by atoms with Crippen molar-refractivity contribution in [2.45, 2.75) is 9.79 Å². The second-order valence-corrected chi connectivity index (χ2v) is 9.74. The molecule has 4 aromatic carbocycles. The summed E-state index contributed by atoms with van der Waals surface area (Å²) >= 11 is 0. The van der Waals surface area contributed by atoms with Gasteiger partial charge in [0.2, 0.25) is 0 Å². The van der Waals surface area contributed by atoms with E-state index in [1.807, 2.05) is 48.5 Å². The average molecular weight is 517 g/mol. The Kier molecular flexibility index (Phi) is 8.54. The van der Waals surface area contributed by atoms with Gasteiger partial charge in [0.05, 0.1) is 25.6 Å². The minimum atomic E-state index is -0.206. The Balaban J connectivity index is 1.44. The van der Waals surface area contributed by atoms with Gasteiger partial charge in [-0.1, -0.05) is 45.9 Å². The molecule has 4 aromatic rings. The lowest BCUT2D eigenvalue weighted by molar-refractivity contribution is 0.101. The van der Waals surface area contributed by atoms with E-state index in [1.165, 1.54) is 21.6 Å². The summed E-state index contributed by atoms with van der Waals surface area (Å²) in [7, 11) is 6.17. The molecule has 0 fully saturated rings. The number of nitrogens with one attached hydrogen (secondary N) is 2. The lowest BCUT2D eigenvalue weighted by atomic mass is 10.2. The zero-order valence-corrected chi connectivity index (χ0v) is 21.3. The fourth-order valence-corrected chi connectivity index (χ4v) is 5.52. The molecule has 0 radical (unpaired) electrons. The van der Waals surface area contributed by atoms with Crippen LogP contribution in [0.2, 0.25) is 0 Å². The quantitative estimate of drug-likeness (QED) is 0.233. The molecule has 36 heavy (non-hydrogen) atoms. The number of para-hydroxylation sites is 2. The monoisotopic (exact) mass is 516 g/mol. The van der Waals surface area contributed by atoms with E-state index in [2.05, 4.69) is 10.6 Å². The van der Waals surface area contributed by atoms with Crippen molar-refractivity contribution in [2.75, 3.05) is 24.9 Å². The first kappa shape index (κ1) is 25.2. The molecule has 0 aromatic heterocycles. The van der Waals surface area contributed by atoms with Gasteiger partial charge in [0, 0.05) is 20.9 Å². The molecule has 0 saturated carbocycles. The molecule has 6 nitrogen and oxygen atoms in total. The molecule has 0 heterocycles. The number of rotatable bonds is 9. The molecule has 0 unspecified atom stereocenters. The van der Waals surface area contributed by atoms with Crippen molar-refractivity contribution in [3.05, 3.63) is 108 Å². The zero-order valence-electron chi connectivity index (χ0n) is 19.7. The van der Waals surface area contributed by atoms with Gasteiger partial charge in [-0.15, -0.1) is 0 Å². The SMILES string of the molecule is COc1ccc(C(=O)Nc2ccccc2SSc2ccccc2NC(=O)c2ccc(OC)cc2)cc1. The predicted octanol–water partition coefficient (Wildman–Crippen LogP) is 7.01. The van der Waals surface area contributed by atoms with Crippen molar-refractivity contribution in [1.29, 1.82) is 0 Å². The van der Waals surface area contributed by atoms with E-state index in [9.17, 15) is 9.59 Å². The summed E-state index contributed by atoms with van der Waals surface area (Å²) in [6.45, 7) is 0. The smallest absolute Gasteiger partial charge is 0.255 e. The van der Waals surface area contributed by atoms with Gasteiger partial charge in [0.1, 0.15) is 11.5 Å². The van der Waals surface area contributed by atoms with E-state index in [4.69, 9.17) is 9.47 Å². The van der Waals surface area contributed by atoms with Gasteiger partial charge in [-0.3, -0.25) is 9.59 Å². The minimum absolute atomic E-state index is 0.206. The van der Waals surface area contributed by atoms with Crippen molar-refractivity contribution < 1.29 is 19.1 Å². The summed E-state index contributed by atoms with van der Waals surface area (Å²) in [6, 6.07) is 29.1. The Morgan fingerprint density at radius 3 is 1.28 bits per heavy atom. The minimum Gasteiger partial charge on any atom is -0.497 e. The van der Waals surface area contributed by atoms with Gasteiger partial charge in [-0.2, -0.15) is 0 Å². The molecule has 0 aliphatic carbocycles. The first-order valence-electron chi connectivity index (χ1n) is 11.0. The lowest BCUT2D eigenvalue weighted by Gasteiger charge is -2.13. The van der Waals surface area contributed by atoms with E-state index in [0.717, 1.165) is 9.79 Å². The Morgan fingerprint density at radius 2 is 0.917 bits per heavy atom. The van der Waals surface area contributed by atoms with Crippen LogP contribution in [0, 0.1) is 0 Å². The topological polar surface area (TPSA) is 76.7 Å². The molecule has 182 valence electrons. The highest BCUT2D eigenvalue weighted by Gasteiger charge is 2.13. The molecular weight excluding hydrogens is 492 g/mol. The van der Waals surface area contributed by atoms with Crippen molar-refractivity contribution in [1.82, 2.24) is 0 Å². The molecule has 0 bridgehead atoms. The van der Waals surface area contributed by atoms with Gasteiger partial charge in [0.15, 0.2) is 0 Å². The number of amides is 2. The first-order valence-corrected chi connectivity index (χ1v) is 13.2. The molecule has 8 heteroatoms. The van der Waals surface area contributed by atoms with Crippen molar-refractivity contribution in [2.24, 2.45) is 0 Å². The van der Waals surface area contributed by atoms with Crippen LogP contribution in [0.4, 0.5) is 11.4 Å². The lowest BCUT2D eigenvalue weighted by Crippen LogP contribution is -2.12. The van der Waals surface area contributed by atoms with Crippen LogP contribution in [-0.4, -0.2) is 26.0 Å². The number of hydrogen-bond acceptors (Lipinski definition) is 6. The average Bonchev–Trinajstić information content (AvgIpc) is 2.93. The molecule has 0 atom stereocenters. The summed E-state index contributed by atoms with van der Waals surface area (Å²) < 4.78 is 10.3. The molecule has 2 amide bonds. The van der Waals surface area contributed by atoms with Gasteiger partial charge in [0.25, 0.3) is 11.8 Å². The first-order chi connectivity index (χ1) is 17.6. The van der Waals surface area contributed by atoms with Crippen molar-refractivity contribution in [3.8, 4) is 11.5 Å². The van der Waals surface area contributed by atoms with Gasteiger partial charge in [-0.25, -0.2) is 0 Å². The highest BCUT2D eigenvalue weighted by Crippen LogP contribution is 2.43. The standard InChI is InChI=1S/C28H24N2O4S2/c1-33-21-15-11-19(12-16-21)27(31)29-23-7-3-5-9-25(23)35-36-26-10-6-4-8-24(26)30-28(32)20-13-17-22(34-2)18-14-20/h3-18H,1-2H3,(H,29,31)(H,30,32).